The molecule has 0 unspecified atom stereocenters. The molecule has 7 heteroatoms. The Morgan fingerprint density at radius 1 is 0.906 bits per heavy atom. The van der Waals surface area contributed by atoms with Crippen molar-refractivity contribution < 1.29 is 23.7 Å². The van der Waals surface area contributed by atoms with Crippen molar-refractivity contribution in [1.82, 2.24) is 5.43 Å². The average Bonchev–Trinajstić information content (AvgIpc) is 2.83. The maximum Gasteiger partial charge on any atom is 0.271 e. The normalized spacial score (nSPS) is 10.6. The maximum atomic E-state index is 12.4. The van der Waals surface area contributed by atoms with Gasteiger partial charge in [-0.25, -0.2) is 5.43 Å². The third-order valence-corrected chi connectivity index (χ3v) is 4.71. The van der Waals surface area contributed by atoms with Gasteiger partial charge in [-0.3, -0.25) is 4.79 Å². The summed E-state index contributed by atoms with van der Waals surface area (Å²) in [5.74, 6) is 1.84. The fourth-order valence-electron chi connectivity index (χ4n) is 2.96. The van der Waals surface area contributed by atoms with Gasteiger partial charge in [0.25, 0.3) is 5.91 Å². The lowest BCUT2D eigenvalue weighted by atomic mass is 10.2. The van der Waals surface area contributed by atoms with Gasteiger partial charge in [-0.05, 0) is 48.9 Å². The fourth-order valence-corrected chi connectivity index (χ4v) is 2.96. The second-order valence-electron chi connectivity index (χ2n) is 6.96. The molecule has 0 aliphatic carbocycles. The molecule has 0 radical (unpaired) electrons. The van der Waals surface area contributed by atoms with Gasteiger partial charge in [0.05, 0.1) is 27.5 Å². The van der Waals surface area contributed by atoms with Crippen LogP contribution in [-0.4, -0.2) is 33.5 Å². The molecule has 0 saturated carbocycles. The van der Waals surface area contributed by atoms with Crippen LogP contribution in [0, 0.1) is 6.92 Å². The third-order valence-electron chi connectivity index (χ3n) is 4.71. The highest BCUT2D eigenvalue weighted by molar-refractivity contribution is 5.95. The lowest BCUT2D eigenvalue weighted by Crippen LogP contribution is -2.17. The topological polar surface area (TPSA) is 78.4 Å². The van der Waals surface area contributed by atoms with E-state index in [1.165, 1.54) is 33.1 Å². The predicted octanol–water partition coefficient (Wildman–Crippen LogP) is 4.36. The number of benzene rings is 3. The van der Waals surface area contributed by atoms with E-state index in [-0.39, 0.29) is 5.91 Å². The maximum absolute atomic E-state index is 12.4. The van der Waals surface area contributed by atoms with Gasteiger partial charge in [-0.1, -0.05) is 29.8 Å². The van der Waals surface area contributed by atoms with E-state index in [2.05, 4.69) is 10.5 Å². The summed E-state index contributed by atoms with van der Waals surface area (Å²) < 4.78 is 21.7. The van der Waals surface area contributed by atoms with Crippen LogP contribution >= 0.6 is 0 Å². The Hall–Kier alpha value is -4.00. The van der Waals surface area contributed by atoms with E-state index < -0.39 is 0 Å². The molecular formula is C25H26N2O5. The Balaban J connectivity index is 1.59. The van der Waals surface area contributed by atoms with E-state index in [1.807, 2.05) is 31.2 Å². The number of amides is 1. The zero-order chi connectivity index (χ0) is 22.9. The highest BCUT2D eigenvalue weighted by Gasteiger charge is 2.12. The van der Waals surface area contributed by atoms with Gasteiger partial charge >= 0.3 is 0 Å². The Morgan fingerprint density at radius 3 is 2.09 bits per heavy atom. The second kappa shape index (κ2) is 10.9. The zero-order valence-corrected chi connectivity index (χ0v) is 18.5. The fraction of sp³-hybridized carbons (Fsp3) is 0.200. The Bertz CT molecular complexity index is 1050. The molecule has 0 spiro atoms. The summed E-state index contributed by atoms with van der Waals surface area (Å²) in [5.41, 5.74) is 5.95. The molecule has 1 N–H and O–H groups in total. The van der Waals surface area contributed by atoms with Gasteiger partial charge in [-0.15, -0.1) is 0 Å². The van der Waals surface area contributed by atoms with Gasteiger partial charge in [0.15, 0.2) is 11.5 Å². The zero-order valence-electron chi connectivity index (χ0n) is 18.5. The molecule has 0 aliphatic heterocycles. The minimum Gasteiger partial charge on any atom is -0.493 e. The third kappa shape index (κ3) is 5.78. The summed E-state index contributed by atoms with van der Waals surface area (Å²) in [6, 6.07) is 18.5. The molecule has 32 heavy (non-hydrogen) atoms. The van der Waals surface area contributed by atoms with Crippen LogP contribution in [0.2, 0.25) is 0 Å². The highest BCUT2D eigenvalue weighted by Crippen LogP contribution is 2.37. The van der Waals surface area contributed by atoms with E-state index in [0.717, 1.165) is 5.56 Å². The van der Waals surface area contributed by atoms with Gasteiger partial charge < -0.3 is 18.9 Å². The van der Waals surface area contributed by atoms with Crippen LogP contribution in [0.5, 0.6) is 23.0 Å². The average molecular weight is 434 g/mol. The number of hydrogen-bond donors (Lipinski definition) is 1. The molecule has 7 nitrogen and oxygen atoms in total. The van der Waals surface area contributed by atoms with Crippen molar-refractivity contribution in [2.45, 2.75) is 13.5 Å². The van der Waals surface area contributed by atoms with E-state index in [9.17, 15) is 4.79 Å². The summed E-state index contributed by atoms with van der Waals surface area (Å²) in [7, 11) is 4.61. The summed E-state index contributed by atoms with van der Waals surface area (Å²) in [6.07, 6.45) is 1.50. The highest BCUT2D eigenvalue weighted by atomic mass is 16.5. The number of carbonyl (C=O) groups is 1. The standard InChI is InChI=1S/C25H26N2O5/c1-17-5-7-18(8-6-17)16-32-21-11-9-20(10-12-21)25(28)27-26-15-19-13-22(29-2)24(31-4)23(14-19)30-3/h5-15H,16H2,1-4H3,(H,27,28)/b26-15+. The largest absolute Gasteiger partial charge is 0.493 e. The number of methoxy groups -OCH3 is 3. The van der Waals surface area contributed by atoms with Crippen LogP contribution in [0.25, 0.3) is 0 Å². The molecule has 3 aromatic carbocycles. The van der Waals surface area contributed by atoms with Gasteiger partial charge in [0, 0.05) is 11.1 Å². The van der Waals surface area contributed by atoms with Crippen molar-refractivity contribution in [2.24, 2.45) is 5.10 Å². The number of nitrogens with zero attached hydrogens (tertiary/aromatic N) is 1. The Kier molecular flexibility index (Phi) is 7.70. The van der Waals surface area contributed by atoms with Crippen molar-refractivity contribution in [3.8, 4) is 23.0 Å². The predicted molar refractivity (Wildman–Crippen MR) is 123 cm³/mol. The summed E-state index contributed by atoms with van der Waals surface area (Å²) in [5, 5.41) is 4.02. The molecule has 1 amide bonds. The van der Waals surface area contributed by atoms with Crippen molar-refractivity contribution in [2.75, 3.05) is 21.3 Å². The number of carbonyl (C=O) groups excluding carboxylic acids is 1. The molecule has 0 aromatic heterocycles. The van der Waals surface area contributed by atoms with Crippen LogP contribution in [0.1, 0.15) is 27.0 Å². The first-order valence-electron chi connectivity index (χ1n) is 9.96. The minimum absolute atomic E-state index is 0.334. The SMILES string of the molecule is COc1cc(/C=N/NC(=O)c2ccc(OCc3ccc(C)cc3)cc2)cc(OC)c1OC. The van der Waals surface area contributed by atoms with E-state index in [0.29, 0.717) is 40.7 Å². The van der Waals surface area contributed by atoms with Gasteiger partial charge in [-0.2, -0.15) is 5.10 Å². The molecule has 0 fully saturated rings. The Labute approximate surface area is 187 Å². The van der Waals surface area contributed by atoms with Crippen molar-refractivity contribution in [3.63, 3.8) is 0 Å². The molecular weight excluding hydrogens is 408 g/mol. The summed E-state index contributed by atoms with van der Waals surface area (Å²) in [4.78, 5) is 12.4. The number of hydrazone groups is 1. The van der Waals surface area contributed by atoms with Crippen molar-refractivity contribution >= 4 is 12.1 Å². The van der Waals surface area contributed by atoms with Crippen LogP contribution in [-0.2, 0) is 6.61 Å². The molecule has 0 atom stereocenters. The first kappa shape index (κ1) is 22.7. The molecule has 3 aromatic rings. The van der Waals surface area contributed by atoms with Crippen LogP contribution < -0.4 is 24.4 Å². The van der Waals surface area contributed by atoms with Gasteiger partial charge in [0.2, 0.25) is 5.75 Å². The molecule has 166 valence electrons. The van der Waals surface area contributed by atoms with Crippen LogP contribution in [0.4, 0.5) is 0 Å². The van der Waals surface area contributed by atoms with Crippen LogP contribution in [0.3, 0.4) is 0 Å². The summed E-state index contributed by atoms with van der Waals surface area (Å²) >= 11 is 0. The first-order chi connectivity index (χ1) is 15.5. The summed E-state index contributed by atoms with van der Waals surface area (Å²) in [6.45, 7) is 2.51. The van der Waals surface area contributed by atoms with E-state index >= 15 is 0 Å². The minimum atomic E-state index is -0.334. The number of nitrogens with one attached hydrogen (secondary N) is 1. The lowest BCUT2D eigenvalue weighted by Gasteiger charge is -2.12. The number of aryl methyl sites for hydroxylation is 1. The first-order valence-corrected chi connectivity index (χ1v) is 9.96. The quantitative estimate of drug-likeness (QED) is 0.400. The van der Waals surface area contributed by atoms with Crippen molar-refractivity contribution in [1.29, 1.82) is 0 Å². The van der Waals surface area contributed by atoms with Crippen LogP contribution in [0.15, 0.2) is 65.8 Å². The Morgan fingerprint density at radius 2 is 1.53 bits per heavy atom. The molecule has 0 aliphatic rings. The smallest absolute Gasteiger partial charge is 0.271 e. The molecule has 3 rings (SSSR count). The number of ether oxygens (including phenoxy) is 4. The monoisotopic (exact) mass is 434 g/mol. The van der Waals surface area contributed by atoms with Crippen molar-refractivity contribution in [3.05, 3.63) is 82.9 Å². The number of hydrogen-bond acceptors (Lipinski definition) is 6. The van der Waals surface area contributed by atoms with E-state index in [4.69, 9.17) is 18.9 Å². The molecule has 0 bridgehead atoms. The van der Waals surface area contributed by atoms with E-state index in [1.54, 1.807) is 36.4 Å². The van der Waals surface area contributed by atoms with Gasteiger partial charge in [0.1, 0.15) is 12.4 Å². The molecule has 0 saturated heterocycles. The molecule has 0 heterocycles. The second-order valence-corrected chi connectivity index (χ2v) is 6.96. The lowest BCUT2D eigenvalue weighted by molar-refractivity contribution is 0.0955. The number of rotatable bonds is 9.